The van der Waals surface area contributed by atoms with Crippen LogP contribution in [0.1, 0.15) is 24.2 Å². The fourth-order valence-electron chi connectivity index (χ4n) is 1.75. The quantitative estimate of drug-likeness (QED) is 0.799. The smallest absolute Gasteiger partial charge is 0.226 e. The lowest BCUT2D eigenvalue weighted by atomic mass is 10.3. The third-order valence-electron chi connectivity index (χ3n) is 2.75. The molecule has 0 saturated carbocycles. The van der Waals surface area contributed by atoms with Gasteiger partial charge in [0.05, 0.1) is 9.26 Å². The van der Waals surface area contributed by atoms with E-state index < -0.39 is 0 Å². The van der Waals surface area contributed by atoms with Gasteiger partial charge >= 0.3 is 0 Å². The Morgan fingerprint density at radius 3 is 2.89 bits per heavy atom. The van der Waals surface area contributed by atoms with Gasteiger partial charge in [0.2, 0.25) is 5.91 Å². The van der Waals surface area contributed by atoms with Gasteiger partial charge in [0.1, 0.15) is 0 Å². The molecule has 0 bridgehead atoms. The number of anilines is 1. The van der Waals surface area contributed by atoms with Crippen LogP contribution in [-0.4, -0.2) is 20.7 Å². The molecule has 0 atom stereocenters. The van der Waals surface area contributed by atoms with Gasteiger partial charge in [-0.1, -0.05) is 0 Å². The van der Waals surface area contributed by atoms with Crippen molar-refractivity contribution in [1.82, 2.24) is 14.8 Å². The summed E-state index contributed by atoms with van der Waals surface area (Å²) >= 11 is 3.73. The second-order valence-corrected chi connectivity index (χ2v) is 6.17. The Hall–Kier alpha value is -0.960. The first kappa shape index (κ1) is 14.4. The minimum atomic E-state index is 0.00572. The van der Waals surface area contributed by atoms with Gasteiger partial charge in [-0.05, 0) is 42.9 Å². The zero-order valence-corrected chi connectivity index (χ0v) is 13.8. The molecule has 2 aromatic rings. The molecule has 0 saturated heterocycles. The van der Waals surface area contributed by atoms with Crippen LogP contribution < -0.4 is 5.32 Å². The van der Waals surface area contributed by atoms with Crippen LogP contribution in [0, 0.1) is 17.4 Å². The van der Waals surface area contributed by atoms with E-state index in [0.717, 1.165) is 18.7 Å². The molecule has 2 heterocycles. The lowest BCUT2D eigenvalue weighted by Crippen LogP contribution is -2.13. The van der Waals surface area contributed by atoms with Gasteiger partial charge in [-0.25, -0.2) is 4.98 Å². The predicted molar refractivity (Wildman–Crippen MR) is 84.4 cm³/mol. The average molecular weight is 390 g/mol. The molecular weight excluding hydrogens is 375 g/mol. The molecule has 7 heteroatoms. The molecule has 102 valence electrons. The van der Waals surface area contributed by atoms with E-state index in [1.54, 1.807) is 6.20 Å². The molecule has 0 fully saturated rings. The summed E-state index contributed by atoms with van der Waals surface area (Å²) in [5, 5.41) is 9.72. The number of hydrogen-bond acceptors (Lipinski definition) is 4. The van der Waals surface area contributed by atoms with Crippen molar-refractivity contribution in [3.63, 3.8) is 0 Å². The van der Waals surface area contributed by atoms with Crippen molar-refractivity contribution in [3.8, 4) is 0 Å². The van der Waals surface area contributed by atoms with Crippen LogP contribution in [0.4, 0.5) is 5.13 Å². The van der Waals surface area contributed by atoms with Crippen LogP contribution in [0.25, 0.3) is 0 Å². The Labute approximate surface area is 129 Å². The Balaban J connectivity index is 1.80. The summed E-state index contributed by atoms with van der Waals surface area (Å²) in [6, 6.07) is 0. The fourth-order valence-corrected chi connectivity index (χ4v) is 2.68. The van der Waals surface area contributed by atoms with E-state index in [4.69, 9.17) is 0 Å². The van der Waals surface area contributed by atoms with E-state index in [2.05, 4.69) is 44.9 Å². The summed E-state index contributed by atoms with van der Waals surface area (Å²) in [6.45, 7) is 4.82. The van der Waals surface area contributed by atoms with E-state index in [9.17, 15) is 4.79 Å². The fraction of sp³-hybridized carbons (Fsp3) is 0.417. The van der Waals surface area contributed by atoms with Gasteiger partial charge in [0.25, 0.3) is 0 Å². The molecule has 0 aliphatic rings. The summed E-state index contributed by atoms with van der Waals surface area (Å²) in [5.74, 6) is 0.00572. The van der Waals surface area contributed by atoms with Crippen molar-refractivity contribution in [3.05, 3.63) is 26.5 Å². The largest absolute Gasteiger partial charge is 0.302 e. The van der Waals surface area contributed by atoms with Crippen LogP contribution in [0.5, 0.6) is 0 Å². The number of nitrogens with one attached hydrogen (secondary N) is 1. The van der Waals surface area contributed by atoms with Crippen LogP contribution >= 0.6 is 33.9 Å². The number of rotatable bonds is 5. The number of hydrogen-bond donors (Lipinski definition) is 1. The Morgan fingerprint density at radius 1 is 1.53 bits per heavy atom. The number of aromatic nitrogens is 3. The number of carbonyl (C=O) groups excluding carboxylic acids is 1. The molecule has 0 spiro atoms. The number of thiazole rings is 1. The molecule has 19 heavy (non-hydrogen) atoms. The highest BCUT2D eigenvalue weighted by atomic mass is 127. The highest BCUT2D eigenvalue weighted by Crippen LogP contribution is 2.16. The van der Waals surface area contributed by atoms with Crippen molar-refractivity contribution in [2.75, 3.05) is 5.32 Å². The van der Waals surface area contributed by atoms with Crippen molar-refractivity contribution in [2.24, 2.45) is 0 Å². The third kappa shape index (κ3) is 3.75. The number of carbonyl (C=O) groups is 1. The number of amides is 1. The maximum atomic E-state index is 11.7. The molecule has 2 rings (SSSR count). The number of aryl methyl sites for hydroxylation is 2. The zero-order valence-electron chi connectivity index (χ0n) is 10.8. The molecule has 0 aliphatic carbocycles. The van der Waals surface area contributed by atoms with Crippen molar-refractivity contribution >= 4 is 45.0 Å². The molecule has 2 aromatic heterocycles. The van der Waals surface area contributed by atoms with Crippen LogP contribution in [0.3, 0.4) is 0 Å². The van der Waals surface area contributed by atoms with E-state index in [0.29, 0.717) is 11.6 Å². The van der Waals surface area contributed by atoms with Gasteiger partial charge in [0.15, 0.2) is 5.13 Å². The van der Waals surface area contributed by atoms with Crippen molar-refractivity contribution in [1.29, 1.82) is 0 Å². The van der Waals surface area contributed by atoms with Gasteiger partial charge in [-0.15, -0.1) is 11.3 Å². The number of nitrogens with zero attached hydrogens (tertiary/aromatic N) is 3. The molecular formula is C12H15IN4OS. The number of halogens is 1. The monoisotopic (exact) mass is 390 g/mol. The predicted octanol–water partition coefficient (Wildman–Crippen LogP) is 2.98. The Kier molecular flexibility index (Phi) is 4.92. The summed E-state index contributed by atoms with van der Waals surface area (Å²) in [5.41, 5.74) is 2.21. The normalized spacial score (nSPS) is 10.7. The lowest BCUT2D eigenvalue weighted by Gasteiger charge is -2.04. The average Bonchev–Trinajstić information content (AvgIpc) is 2.95. The molecule has 1 N–H and O–H groups in total. The SMILES string of the molecule is Cc1nn(CCCC(=O)Nc2nccs2)c(C)c1I. The summed E-state index contributed by atoms with van der Waals surface area (Å²) in [7, 11) is 0. The van der Waals surface area contributed by atoms with Crippen molar-refractivity contribution < 1.29 is 4.79 Å². The molecule has 0 unspecified atom stereocenters. The second-order valence-electron chi connectivity index (χ2n) is 4.20. The minimum Gasteiger partial charge on any atom is -0.302 e. The highest BCUT2D eigenvalue weighted by molar-refractivity contribution is 14.1. The van der Waals surface area contributed by atoms with E-state index in [-0.39, 0.29) is 5.91 Å². The van der Waals surface area contributed by atoms with E-state index >= 15 is 0 Å². The van der Waals surface area contributed by atoms with Gasteiger partial charge in [0, 0.05) is 30.2 Å². The summed E-state index contributed by atoms with van der Waals surface area (Å²) in [4.78, 5) is 15.7. The van der Waals surface area contributed by atoms with Crippen LogP contribution in [0.15, 0.2) is 11.6 Å². The van der Waals surface area contributed by atoms with Gasteiger partial charge in [-0.2, -0.15) is 5.10 Å². The zero-order chi connectivity index (χ0) is 13.8. The molecule has 0 radical (unpaired) electrons. The summed E-state index contributed by atoms with van der Waals surface area (Å²) in [6.07, 6.45) is 2.93. The van der Waals surface area contributed by atoms with E-state index in [1.807, 2.05) is 17.0 Å². The minimum absolute atomic E-state index is 0.00572. The summed E-state index contributed by atoms with van der Waals surface area (Å²) < 4.78 is 3.16. The second kappa shape index (κ2) is 6.47. The molecule has 5 nitrogen and oxygen atoms in total. The third-order valence-corrected chi connectivity index (χ3v) is 5.00. The van der Waals surface area contributed by atoms with Gasteiger partial charge in [-0.3, -0.25) is 9.48 Å². The van der Waals surface area contributed by atoms with E-state index in [1.165, 1.54) is 20.6 Å². The van der Waals surface area contributed by atoms with Gasteiger partial charge < -0.3 is 5.32 Å². The molecule has 1 amide bonds. The Morgan fingerprint density at radius 2 is 2.32 bits per heavy atom. The first-order chi connectivity index (χ1) is 9.08. The Bertz CT molecular complexity index is 565. The van der Waals surface area contributed by atoms with Crippen molar-refractivity contribution in [2.45, 2.75) is 33.2 Å². The molecule has 0 aromatic carbocycles. The van der Waals surface area contributed by atoms with Crippen LogP contribution in [0.2, 0.25) is 0 Å². The lowest BCUT2D eigenvalue weighted by molar-refractivity contribution is -0.116. The maximum absolute atomic E-state index is 11.7. The molecule has 0 aliphatic heterocycles. The maximum Gasteiger partial charge on any atom is 0.226 e. The standard InChI is InChI=1S/C12H15IN4OS/c1-8-11(13)9(2)17(16-8)6-3-4-10(18)15-12-14-5-7-19-12/h5,7H,3-4,6H2,1-2H3,(H,14,15,18). The first-order valence-electron chi connectivity index (χ1n) is 5.97. The first-order valence-corrected chi connectivity index (χ1v) is 7.92. The van der Waals surface area contributed by atoms with Crippen LogP contribution in [-0.2, 0) is 11.3 Å². The topological polar surface area (TPSA) is 59.8 Å². The highest BCUT2D eigenvalue weighted by Gasteiger charge is 2.09.